The standard InChI is InChI=1S/C24H32N2O2S.CH4/c1-3-5-11-25-15-19-13-21(7-9-23(19)27-17-25)29-22-8-10-24-20(14-22)16-26(18-28-24)12-6-4-2;/h7-10,13-14H,3-6,11-12,15-18H2,1-2H3;1H4. The third kappa shape index (κ3) is 5.71. The Hall–Kier alpha value is -1.69. The zero-order chi connectivity index (χ0) is 20.1. The zero-order valence-corrected chi connectivity index (χ0v) is 18.5. The van der Waals surface area contributed by atoms with E-state index in [-0.39, 0.29) is 7.43 Å². The van der Waals surface area contributed by atoms with Crippen LogP contribution in [0.2, 0.25) is 0 Å². The van der Waals surface area contributed by atoms with Crippen molar-refractivity contribution in [3.8, 4) is 11.5 Å². The van der Waals surface area contributed by atoms with Gasteiger partial charge in [-0.2, -0.15) is 0 Å². The smallest absolute Gasteiger partial charge is 0.142 e. The van der Waals surface area contributed by atoms with E-state index in [2.05, 4.69) is 60.0 Å². The zero-order valence-electron chi connectivity index (χ0n) is 17.7. The van der Waals surface area contributed by atoms with Crippen LogP contribution in [0.5, 0.6) is 11.5 Å². The van der Waals surface area contributed by atoms with E-state index in [1.54, 1.807) is 0 Å². The van der Waals surface area contributed by atoms with Crippen molar-refractivity contribution in [3.63, 3.8) is 0 Å². The molecule has 0 saturated carbocycles. The average molecular weight is 429 g/mol. The van der Waals surface area contributed by atoms with Crippen LogP contribution in [0, 0.1) is 0 Å². The van der Waals surface area contributed by atoms with Crippen molar-refractivity contribution in [2.45, 2.75) is 69.8 Å². The van der Waals surface area contributed by atoms with E-state index in [4.69, 9.17) is 9.47 Å². The molecule has 0 amide bonds. The van der Waals surface area contributed by atoms with E-state index >= 15 is 0 Å². The van der Waals surface area contributed by atoms with Gasteiger partial charge in [0.2, 0.25) is 0 Å². The molecule has 30 heavy (non-hydrogen) atoms. The molecular formula is C25H36N2O2S. The van der Waals surface area contributed by atoms with Gasteiger partial charge in [-0.3, -0.25) is 9.80 Å². The van der Waals surface area contributed by atoms with Crippen LogP contribution >= 0.6 is 11.8 Å². The topological polar surface area (TPSA) is 24.9 Å². The number of hydrogen-bond donors (Lipinski definition) is 0. The Morgan fingerprint density at radius 1 is 0.767 bits per heavy atom. The van der Waals surface area contributed by atoms with Crippen LogP contribution in [0.25, 0.3) is 0 Å². The van der Waals surface area contributed by atoms with E-state index in [0.717, 1.165) is 37.7 Å². The number of rotatable bonds is 8. The Morgan fingerprint density at radius 3 is 1.67 bits per heavy atom. The minimum Gasteiger partial charge on any atom is -0.478 e. The van der Waals surface area contributed by atoms with E-state index in [1.807, 2.05) is 11.8 Å². The Bertz CT molecular complexity index is 759. The lowest BCUT2D eigenvalue weighted by atomic mass is 10.1. The molecule has 0 saturated heterocycles. The number of nitrogens with zero attached hydrogens (tertiary/aromatic N) is 2. The molecule has 0 fully saturated rings. The Labute approximate surface area is 186 Å². The van der Waals surface area contributed by atoms with E-state index in [9.17, 15) is 0 Å². The van der Waals surface area contributed by atoms with Gasteiger partial charge >= 0.3 is 0 Å². The second-order valence-electron chi connectivity index (χ2n) is 8.00. The lowest BCUT2D eigenvalue weighted by Gasteiger charge is -2.29. The van der Waals surface area contributed by atoms with Crippen molar-refractivity contribution in [3.05, 3.63) is 47.5 Å². The lowest BCUT2D eigenvalue weighted by Crippen LogP contribution is -2.32. The Kier molecular flexibility index (Phi) is 8.49. The van der Waals surface area contributed by atoms with E-state index in [1.165, 1.54) is 46.6 Å². The molecule has 5 heteroatoms. The van der Waals surface area contributed by atoms with Gasteiger partial charge in [-0.15, -0.1) is 0 Å². The maximum Gasteiger partial charge on any atom is 0.142 e. The highest BCUT2D eigenvalue weighted by Gasteiger charge is 2.19. The first-order valence-corrected chi connectivity index (χ1v) is 11.7. The molecule has 4 nitrogen and oxygen atoms in total. The third-order valence-electron chi connectivity index (χ3n) is 5.55. The maximum atomic E-state index is 5.95. The third-order valence-corrected chi connectivity index (χ3v) is 6.53. The van der Waals surface area contributed by atoms with Gasteiger partial charge < -0.3 is 9.47 Å². The second kappa shape index (κ2) is 11.1. The summed E-state index contributed by atoms with van der Waals surface area (Å²) in [5, 5.41) is 0. The highest BCUT2D eigenvalue weighted by atomic mass is 32.2. The molecule has 4 rings (SSSR count). The normalized spacial score (nSPS) is 16.1. The van der Waals surface area contributed by atoms with Crippen molar-refractivity contribution in [1.29, 1.82) is 0 Å². The summed E-state index contributed by atoms with van der Waals surface area (Å²) in [5.41, 5.74) is 2.59. The van der Waals surface area contributed by atoms with E-state index in [0.29, 0.717) is 13.5 Å². The lowest BCUT2D eigenvalue weighted by molar-refractivity contribution is 0.0939. The number of fused-ring (bicyclic) bond motifs is 2. The van der Waals surface area contributed by atoms with Crippen molar-refractivity contribution in [2.24, 2.45) is 0 Å². The molecule has 2 aromatic rings. The van der Waals surface area contributed by atoms with Gasteiger partial charge in [0.15, 0.2) is 0 Å². The van der Waals surface area contributed by atoms with Crippen molar-refractivity contribution < 1.29 is 9.47 Å². The fraction of sp³-hybridized carbons (Fsp3) is 0.520. The maximum absolute atomic E-state index is 5.95. The van der Waals surface area contributed by atoms with Crippen LogP contribution in [0.4, 0.5) is 0 Å². The molecule has 0 unspecified atom stereocenters. The minimum atomic E-state index is 0. The molecule has 2 aliphatic heterocycles. The van der Waals surface area contributed by atoms with Crippen molar-refractivity contribution in [1.82, 2.24) is 9.80 Å². The summed E-state index contributed by atoms with van der Waals surface area (Å²) in [6.45, 7) is 10.1. The first-order chi connectivity index (χ1) is 14.2. The molecule has 164 valence electrons. The van der Waals surface area contributed by atoms with Gasteiger partial charge in [0.25, 0.3) is 0 Å². The fourth-order valence-corrected chi connectivity index (χ4v) is 4.80. The number of ether oxygens (including phenoxy) is 2. The molecule has 0 N–H and O–H groups in total. The summed E-state index contributed by atoms with van der Waals surface area (Å²) in [6, 6.07) is 13.2. The van der Waals surface area contributed by atoms with Crippen molar-refractivity contribution >= 4 is 11.8 Å². The predicted molar refractivity (Wildman–Crippen MR) is 125 cm³/mol. The summed E-state index contributed by atoms with van der Waals surface area (Å²) < 4.78 is 11.9. The Balaban J connectivity index is 0.00000256. The largest absolute Gasteiger partial charge is 0.478 e. The summed E-state index contributed by atoms with van der Waals surface area (Å²) in [6.07, 6.45) is 4.88. The van der Waals surface area contributed by atoms with Gasteiger partial charge in [0.1, 0.15) is 25.0 Å². The Morgan fingerprint density at radius 2 is 1.23 bits per heavy atom. The quantitative estimate of drug-likeness (QED) is 0.486. The van der Waals surface area contributed by atoms with Gasteiger partial charge in [-0.25, -0.2) is 0 Å². The summed E-state index contributed by atoms with van der Waals surface area (Å²) in [5.74, 6) is 2.07. The number of hydrogen-bond acceptors (Lipinski definition) is 5. The van der Waals surface area contributed by atoms with E-state index < -0.39 is 0 Å². The van der Waals surface area contributed by atoms with Crippen molar-refractivity contribution in [2.75, 3.05) is 26.6 Å². The molecule has 2 aliphatic rings. The summed E-state index contributed by atoms with van der Waals surface area (Å²) in [7, 11) is 0. The van der Waals surface area contributed by atoms with Gasteiger partial charge in [0, 0.05) is 47.1 Å². The first-order valence-electron chi connectivity index (χ1n) is 10.9. The average Bonchev–Trinajstić information content (AvgIpc) is 2.75. The highest BCUT2D eigenvalue weighted by Crippen LogP contribution is 2.36. The molecule has 0 aliphatic carbocycles. The van der Waals surface area contributed by atoms with Gasteiger partial charge in [-0.1, -0.05) is 45.9 Å². The summed E-state index contributed by atoms with van der Waals surface area (Å²) >= 11 is 1.82. The minimum absolute atomic E-state index is 0. The van der Waals surface area contributed by atoms with Crippen LogP contribution in [0.15, 0.2) is 46.2 Å². The second-order valence-corrected chi connectivity index (χ2v) is 9.15. The molecule has 0 spiro atoms. The highest BCUT2D eigenvalue weighted by molar-refractivity contribution is 7.99. The van der Waals surface area contributed by atoms with Crippen LogP contribution in [0.3, 0.4) is 0 Å². The molecule has 0 aromatic heterocycles. The first kappa shape index (κ1) is 23.0. The molecule has 2 aromatic carbocycles. The van der Waals surface area contributed by atoms with Crippen LogP contribution in [0.1, 0.15) is 58.1 Å². The van der Waals surface area contributed by atoms with Crippen LogP contribution in [-0.2, 0) is 13.1 Å². The SMILES string of the molecule is C.CCCCN1COc2ccc(Sc3ccc4c(c3)CN(CCCC)CO4)cc2C1. The molecule has 0 radical (unpaired) electrons. The monoisotopic (exact) mass is 428 g/mol. The predicted octanol–water partition coefficient (Wildman–Crippen LogP) is 6.38. The molecule has 0 bridgehead atoms. The van der Waals surface area contributed by atoms with Gasteiger partial charge in [0.05, 0.1) is 0 Å². The number of unbranched alkanes of at least 4 members (excludes halogenated alkanes) is 2. The number of benzene rings is 2. The molecule has 0 atom stereocenters. The molecule has 2 heterocycles. The van der Waals surface area contributed by atoms with Gasteiger partial charge in [-0.05, 0) is 49.2 Å². The summed E-state index contributed by atoms with van der Waals surface area (Å²) in [4.78, 5) is 7.32. The fourth-order valence-electron chi connectivity index (χ4n) is 3.85. The van der Waals surface area contributed by atoms with Crippen LogP contribution < -0.4 is 9.47 Å². The van der Waals surface area contributed by atoms with Crippen LogP contribution in [-0.4, -0.2) is 36.4 Å². The molecular weight excluding hydrogens is 392 g/mol.